The second-order valence-electron chi connectivity index (χ2n) is 11.1. The minimum Gasteiger partial charge on any atom is -0.456 e. The van der Waals surface area contributed by atoms with Gasteiger partial charge in [0.2, 0.25) is 0 Å². The molecule has 0 fully saturated rings. The molecule has 45 heavy (non-hydrogen) atoms. The Morgan fingerprint density at radius 2 is 0.978 bits per heavy atom. The summed E-state index contributed by atoms with van der Waals surface area (Å²) < 4.78 is 8.83. The number of hydrogen-bond acceptors (Lipinski definition) is 6. The molecule has 0 saturated heterocycles. The topological polar surface area (TPSA) is 77.8 Å². The molecule has 3 heterocycles. The normalized spacial score (nSPS) is 11.6. The van der Waals surface area contributed by atoms with E-state index < -0.39 is 0 Å². The number of hydrogen-bond donors (Lipinski definition) is 1. The number of aromatic nitrogens is 3. The van der Waals surface area contributed by atoms with E-state index >= 15 is 0 Å². The Balaban J connectivity index is 1.14. The van der Waals surface area contributed by atoms with Crippen LogP contribution in [0.4, 0.5) is 5.69 Å². The molecule has 9 rings (SSSR count). The van der Waals surface area contributed by atoms with Crippen molar-refractivity contribution in [2.45, 2.75) is 0 Å². The summed E-state index contributed by atoms with van der Waals surface area (Å²) >= 11 is 1.78. The number of furan rings is 1. The molecule has 0 aliphatic heterocycles. The fraction of sp³-hybridized carbons (Fsp3) is 0. The minimum absolute atomic E-state index is 0.601. The van der Waals surface area contributed by atoms with E-state index in [4.69, 9.17) is 25.1 Å². The number of fused-ring (bicyclic) bond motifs is 6. The van der Waals surface area contributed by atoms with Crippen molar-refractivity contribution in [3.05, 3.63) is 133 Å². The van der Waals surface area contributed by atoms with Crippen molar-refractivity contribution < 1.29 is 4.42 Å². The van der Waals surface area contributed by atoms with Gasteiger partial charge in [-0.25, -0.2) is 15.0 Å². The van der Waals surface area contributed by atoms with Crippen LogP contribution in [0.25, 0.3) is 87.4 Å². The average Bonchev–Trinajstić information content (AvgIpc) is 3.65. The monoisotopic (exact) mass is 596 g/mol. The highest BCUT2D eigenvalue weighted by molar-refractivity contribution is 7.25. The summed E-state index contributed by atoms with van der Waals surface area (Å²) in [5, 5.41) is 4.62. The summed E-state index contributed by atoms with van der Waals surface area (Å²) in [5.74, 6) is 1.87. The maximum Gasteiger partial charge on any atom is 0.164 e. The van der Waals surface area contributed by atoms with Gasteiger partial charge in [0.25, 0.3) is 0 Å². The molecule has 5 nitrogen and oxygen atoms in total. The van der Waals surface area contributed by atoms with Crippen molar-refractivity contribution in [2.75, 3.05) is 5.73 Å². The first kappa shape index (κ1) is 25.6. The highest BCUT2D eigenvalue weighted by atomic mass is 32.1. The summed E-state index contributed by atoms with van der Waals surface area (Å²) in [7, 11) is 0. The van der Waals surface area contributed by atoms with Gasteiger partial charge in [-0.05, 0) is 53.6 Å². The molecular weight excluding hydrogens is 573 g/mol. The van der Waals surface area contributed by atoms with Crippen molar-refractivity contribution in [1.82, 2.24) is 15.0 Å². The fourth-order valence-corrected chi connectivity index (χ4v) is 7.20. The number of nitrogens with zero attached hydrogens (tertiary/aromatic N) is 3. The molecule has 0 aliphatic rings. The Morgan fingerprint density at radius 3 is 1.69 bits per heavy atom. The lowest BCUT2D eigenvalue weighted by atomic mass is 10.0. The van der Waals surface area contributed by atoms with E-state index in [-0.39, 0.29) is 0 Å². The van der Waals surface area contributed by atoms with Gasteiger partial charge in [-0.3, -0.25) is 0 Å². The third-order valence-corrected chi connectivity index (χ3v) is 9.37. The smallest absolute Gasteiger partial charge is 0.164 e. The molecule has 0 bridgehead atoms. The van der Waals surface area contributed by atoms with Gasteiger partial charge in [0.1, 0.15) is 11.2 Å². The molecule has 2 N–H and O–H groups in total. The van der Waals surface area contributed by atoms with Gasteiger partial charge in [-0.2, -0.15) is 0 Å². The highest BCUT2D eigenvalue weighted by Gasteiger charge is 2.15. The molecular formula is C39H24N4OS. The summed E-state index contributed by atoms with van der Waals surface area (Å²) in [6.45, 7) is 0. The number of rotatable bonds is 4. The van der Waals surface area contributed by atoms with Crippen LogP contribution in [0.5, 0.6) is 0 Å². The van der Waals surface area contributed by atoms with Crippen molar-refractivity contribution in [2.24, 2.45) is 0 Å². The first-order valence-corrected chi connectivity index (χ1v) is 15.5. The molecule has 212 valence electrons. The maximum atomic E-state index is 6.38. The van der Waals surface area contributed by atoms with Gasteiger partial charge >= 0.3 is 0 Å². The number of thiophene rings is 1. The zero-order valence-electron chi connectivity index (χ0n) is 23.9. The molecule has 3 aromatic heterocycles. The van der Waals surface area contributed by atoms with E-state index in [0.29, 0.717) is 17.5 Å². The SMILES string of the molecule is Nc1ccc2c(c1)sc1cc(-c3ccc4oc5cc(-c6nc(-c7ccccc7)nc(-c7ccccc7)n6)ccc5c4c3)ccc12. The van der Waals surface area contributed by atoms with Crippen LogP contribution in [-0.2, 0) is 0 Å². The lowest BCUT2D eigenvalue weighted by Crippen LogP contribution is -2.00. The van der Waals surface area contributed by atoms with Crippen LogP contribution in [0.15, 0.2) is 138 Å². The van der Waals surface area contributed by atoms with Crippen LogP contribution in [0.1, 0.15) is 0 Å². The molecule has 0 spiro atoms. The van der Waals surface area contributed by atoms with Crippen LogP contribution in [-0.4, -0.2) is 15.0 Å². The first-order valence-electron chi connectivity index (χ1n) is 14.7. The number of nitrogens with two attached hydrogens (primary N) is 1. The van der Waals surface area contributed by atoms with Gasteiger partial charge in [0, 0.05) is 53.3 Å². The summed E-state index contributed by atoms with van der Waals surface area (Å²) in [6, 6.07) is 45.4. The Hall–Kier alpha value is -5.85. The minimum atomic E-state index is 0.601. The van der Waals surface area contributed by atoms with Gasteiger partial charge in [-0.1, -0.05) is 91.0 Å². The highest BCUT2D eigenvalue weighted by Crippen LogP contribution is 2.39. The van der Waals surface area contributed by atoms with Crippen molar-refractivity contribution >= 4 is 59.1 Å². The van der Waals surface area contributed by atoms with E-state index in [2.05, 4.69) is 60.7 Å². The van der Waals surface area contributed by atoms with Crippen LogP contribution in [0.3, 0.4) is 0 Å². The van der Waals surface area contributed by atoms with Crippen molar-refractivity contribution in [3.8, 4) is 45.3 Å². The molecule has 9 aromatic rings. The molecule has 0 atom stereocenters. The van der Waals surface area contributed by atoms with Crippen molar-refractivity contribution in [1.29, 1.82) is 0 Å². The summed E-state index contributed by atoms with van der Waals surface area (Å²) in [6.07, 6.45) is 0. The maximum absolute atomic E-state index is 6.38. The van der Waals surface area contributed by atoms with Gasteiger partial charge in [0.05, 0.1) is 0 Å². The molecule has 6 aromatic carbocycles. The molecule has 0 amide bonds. The quantitative estimate of drug-likeness (QED) is 0.205. The molecule has 6 heteroatoms. The molecule has 0 radical (unpaired) electrons. The van der Waals surface area contributed by atoms with Crippen molar-refractivity contribution in [3.63, 3.8) is 0 Å². The second-order valence-corrected chi connectivity index (χ2v) is 12.2. The summed E-state index contributed by atoms with van der Waals surface area (Å²) in [5.41, 5.74) is 13.5. The van der Waals surface area contributed by atoms with E-state index in [1.165, 1.54) is 25.7 Å². The molecule has 0 aliphatic carbocycles. The predicted octanol–water partition coefficient (Wildman–Crippen LogP) is 10.4. The Kier molecular flexibility index (Phi) is 5.76. The fourth-order valence-electron chi connectivity index (χ4n) is 6.01. The Bertz CT molecular complexity index is 2500. The van der Waals surface area contributed by atoms with Crippen LogP contribution in [0, 0.1) is 0 Å². The van der Waals surface area contributed by atoms with E-state index in [1.54, 1.807) is 11.3 Å². The van der Waals surface area contributed by atoms with E-state index in [0.717, 1.165) is 49.9 Å². The zero-order chi connectivity index (χ0) is 29.9. The van der Waals surface area contributed by atoms with Crippen LogP contribution >= 0.6 is 11.3 Å². The van der Waals surface area contributed by atoms with Gasteiger partial charge in [0.15, 0.2) is 17.5 Å². The number of benzene rings is 6. The Labute approximate surface area is 262 Å². The predicted molar refractivity (Wildman–Crippen MR) is 186 cm³/mol. The lowest BCUT2D eigenvalue weighted by molar-refractivity contribution is 0.669. The van der Waals surface area contributed by atoms with E-state index in [9.17, 15) is 0 Å². The third kappa shape index (κ3) is 4.42. The summed E-state index contributed by atoms with van der Waals surface area (Å²) in [4.78, 5) is 14.6. The lowest BCUT2D eigenvalue weighted by Gasteiger charge is -2.08. The molecule has 0 saturated carbocycles. The average molecular weight is 597 g/mol. The van der Waals surface area contributed by atoms with Gasteiger partial charge in [-0.15, -0.1) is 11.3 Å². The zero-order valence-corrected chi connectivity index (χ0v) is 24.8. The largest absolute Gasteiger partial charge is 0.456 e. The second kappa shape index (κ2) is 10.1. The van der Waals surface area contributed by atoms with Gasteiger partial charge < -0.3 is 10.2 Å². The van der Waals surface area contributed by atoms with E-state index in [1.807, 2.05) is 72.8 Å². The van der Waals surface area contributed by atoms with Crippen LogP contribution < -0.4 is 5.73 Å². The third-order valence-electron chi connectivity index (χ3n) is 8.26. The number of nitrogen functional groups attached to an aromatic ring is 1. The molecule has 0 unspecified atom stereocenters. The first-order chi connectivity index (χ1) is 22.2. The van der Waals surface area contributed by atoms with Crippen LogP contribution in [0.2, 0.25) is 0 Å². The standard InChI is InChI=1S/C39H24N4OS/c40-28-14-17-31-30-16-11-26(21-35(30)45-36(31)22-28)25-13-18-33-32(19-25)29-15-12-27(20-34(29)44-33)39-42-37(23-7-3-1-4-8-23)41-38(43-39)24-9-5-2-6-10-24/h1-22H,40H2. The number of anilines is 1. The Morgan fingerprint density at radius 1 is 0.422 bits per heavy atom.